The van der Waals surface area contributed by atoms with Gasteiger partial charge in [0.25, 0.3) is 0 Å². The van der Waals surface area contributed by atoms with Crippen molar-refractivity contribution in [1.29, 1.82) is 0 Å². The van der Waals surface area contributed by atoms with Crippen LogP contribution >= 0.6 is 0 Å². The van der Waals surface area contributed by atoms with Crippen LogP contribution in [0.2, 0.25) is 0 Å². The lowest BCUT2D eigenvalue weighted by molar-refractivity contribution is -0.133. The van der Waals surface area contributed by atoms with E-state index in [2.05, 4.69) is 25.7 Å². The Morgan fingerprint density at radius 2 is 1.90 bits per heavy atom. The molecule has 20 heavy (non-hydrogen) atoms. The van der Waals surface area contributed by atoms with Crippen LogP contribution in [0, 0.1) is 5.92 Å². The quantitative estimate of drug-likeness (QED) is 0.742. The summed E-state index contributed by atoms with van der Waals surface area (Å²) in [5.41, 5.74) is 5.93. The number of piperidine rings is 1. The van der Waals surface area contributed by atoms with Gasteiger partial charge in [0.1, 0.15) is 0 Å². The maximum Gasteiger partial charge on any atom is 0.224 e. The van der Waals surface area contributed by atoms with Gasteiger partial charge in [-0.15, -0.1) is 0 Å². The Morgan fingerprint density at radius 3 is 2.40 bits per heavy atom. The number of hydrogen-bond acceptors (Lipinski definition) is 3. The van der Waals surface area contributed by atoms with Crippen molar-refractivity contribution in [2.75, 3.05) is 32.7 Å². The van der Waals surface area contributed by atoms with Crippen LogP contribution in [0.4, 0.5) is 0 Å². The van der Waals surface area contributed by atoms with Crippen LogP contribution in [0.25, 0.3) is 0 Å². The van der Waals surface area contributed by atoms with Crippen LogP contribution in [0.15, 0.2) is 0 Å². The lowest BCUT2D eigenvalue weighted by atomic mass is 10.0. The lowest BCUT2D eigenvalue weighted by Gasteiger charge is -2.34. The molecule has 0 aromatic carbocycles. The van der Waals surface area contributed by atoms with Gasteiger partial charge in [-0.3, -0.25) is 9.69 Å². The Labute approximate surface area is 124 Å². The van der Waals surface area contributed by atoms with Gasteiger partial charge in [0.15, 0.2) is 0 Å². The van der Waals surface area contributed by atoms with Crippen molar-refractivity contribution in [2.24, 2.45) is 11.7 Å². The SMILES string of the molecule is CCC(C)CN(CC)C(CN)CC(=O)N1CCCCC1. The molecular weight excluding hydrogens is 250 g/mol. The highest BCUT2D eigenvalue weighted by molar-refractivity contribution is 5.76. The second kappa shape index (κ2) is 9.35. The Bertz CT molecular complexity index is 277. The van der Waals surface area contributed by atoms with E-state index in [1.165, 1.54) is 12.8 Å². The maximum absolute atomic E-state index is 12.4. The molecule has 0 spiro atoms. The molecule has 0 radical (unpaired) electrons. The number of hydrogen-bond donors (Lipinski definition) is 1. The zero-order valence-corrected chi connectivity index (χ0v) is 13.6. The molecule has 1 saturated heterocycles. The van der Waals surface area contributed by atoms with Gasteiger partial charge < -0.3 is 10.6 Å². The zero-order valence-electron chi connectivity index (χ0n) is 13.6. The van der Waals surface area contributed by atoms with Gasteiger partial charge in [-0.1, -0.05) is 27.2 Å². The fourth-order valence-corrected chi connectivity index (χ4v) is 2.90. The number of rotatable bonds is 8. The van der Waals surface area contributed by atoms with Gasteiger partial charge in [0.2, 0.25) is 5.91 Å². The summed E-state index contributed by atoms with van der Waals surface area (Å²) in [5, 5.41) is 0. The van der Waals surface area contributed by atoms with Crippen LogP contribution in [0.1, 0.15) is 52.9 Å². The highest BCUT2D eigenvalue weighted by Gasteiger charge is 2.24. The minimum Gasteiger partial charge on any atom is -0.343 e. The summed E-state index contributed by atoms with van der Waals surface area (Å²) in [6, 6.07) is 0.198. The average molecular weight is 283 g/mol. The van der Waals surface area contributed by atoms with Crippen molar-refractivity contribution < 1.29 is 4.79 Å². The first-order valence-corrected chi connectivity index (χ1v) is 8.34. The number of nitrogens with zero attached hydrogens (tertiary/aromatic N) is 2. The molecule has 0 bridgehead atoms. The summed E-state index contributed by atoms with van der Waals surface area (Å²) in [6.07, 6.45) is 5.33. The molecule has 2 unspecified atom stereocenters. The first-order chi connectivity index (χ1) is 9.62. The maximum atomic E-state index is 12.4. The summed E-state index contributed by atoms with van der Waals surface area (Å²) >= 11 is 0. The van der Waals surface area contributed by atoms with Gasteiger partial charge in [-0.05, 0) is 31.7 Å². The molecule has 1 fully saturated rings. The van der Waals surface area contributed by atoms with Crippen molar-refractivity contribution >= 4 is 5.91 Å². The van der Waals surface area contributed by atoms with E-state index in [1.807, 2.05) is 4.90 Å². The minimum atomic E-state index is 0.198. The molecule has 1 heterocycles. The van der Waals surface area contributed by atoms with Crippen LogP contribution < -0.4 is 5.73 Å². The topological polar surface area (TPSA) is 49.6 Å². The Kier molecular flexibility index (Phi) is 8.15. The summed E-state index contributed by atoms with van der Waals surface area (Å²) in [4.78, 5) is 16.8. The van der Waals surface area contributed by atoms with E-state index in [4.69, 9.17) is 5.73 Å². The van der Waals surface area contributed by atoms with Crippen molar-refractivity contribution in [2.45, 2.75) is 58.9 Å². The largest absolute Gasteiger partial charge is 0.343 e. The summed E-state index contributed by atoms with van der Waals surface area (Å²) < 4.78 is 0. The van der Waals surface area contributed by atoms with Gasteiger partial charge in [-0.2, -0.15) is 0 Å². The molecule has 1 rings (SSSR count). The number of carbonyl (C=O) groups is 1. The third kappa shape index (κ3) is 5.41. The fourth-order valence-electron chi connectivity index (χ4n) is 2.90. The molecule has 0 aliphatic carbocycles. The first-order valence-electron chi connectivity index (χ1n) is 8.34. The molecule has 0 aromatic rings. The lowest BCUT2D eigenvalue weighted by Crippen LogP contribution is -2.47. The molecule has 1 amide bonds. The molecule has 1 aliphatic heterocycles. The molecule has 1 aliphatic rings. The Morgan fingerprint density at radius 1 is 1.25 bits per heavy atom. The van der Waals surface area contributed by atoms with Crippen molar-refractivity contribution in [3.05, 3.63) is 0 Å². The third-order valence-electron chi connectivity index (χ3n) is 4.56. The molecule has 2 atom stereocenters. The highest BCUT2D eigenvalue weighted by atomic mass is 16.2. The van der Waals surface area contributed by atoms with E-state index in [9.17, 15) is 4.79 Å². The molecule has 0 aromatic heterocycles. The second-order valence-corrected chi connectivity index (χ2v) is 6.14. The molecular formula is C16H33N3O. The molecule has 4 nitrogen and oxygen atoms in total. The number of nitrogens with two attached hydrogens (primary N) is 1. The smallest absolute Gasteiger partial charge is 0.224 e. The zero-order chi connectivity index (χ0) is 15.0. The standard InChI is InChI=1S/C16H33N3O/c1-4-14(3)13-18(5-2)15(12-17)11-16(20)19-9-7-6-8-10-19/h14-15H,4-13,17H2,1-3H3. The average Bonchev–Trinajstić information content (AvgIpc) is 2.50. The van der Waals surface area contributed by atoms with Gasteiger partial charge in [-0.25, -0.2) is 0 Å². The predicted molar refractivity (Wildman–Crippen MR) is 84.6 cm³/mol. The van der Waals surface area contributed by atoms with E-state index in [1.54, 1.807) is 0 Å². The van der Waals surface area contributed by atoms with Gasteiger partial charge in [0, 0.05) is 38.6 Å². The van der Waals surface area contributed by atoms with Crippen LogP contribution in [0.5, 0.6) is 0 Å². The van der Waals surface area contributed by atoms with Crippen molar-refractivity contribution in [3.8, 4) is 0 Å². The van der Waals surface area contributed by atoms with Crippen LogP contribution in [-0.2, 0) is 4.79 Å². The summed E-state index contributed by atoms with van der Waals surface area (Å²) in [5.74, 6) is 0.955. The number of amides is 1. The monoisotopic (exact) mass is 283 g/mol. The van der Waals surface area contributed by atoms with E-state index < -0.39 is 0 Å². The normalized spacial score (nSPS) is 19.1. The Balaban J connectivity index is 2.52. The van der Waals surface area contributed by atoms with Crippen LogP contribution in [-0.4, -0.2) is 54.5 Å². The first kappa shape index (κ1) is 17.4. The van der Waals surface area contributed by atoms with E-state index in [0.29, 0.717) is 24.8 Å². The predicted octanol–water partition coefficient (Wildman–Crippen LogP) is 2.08. The van der Waals surface area contributed by atoms with Crippen LogP contribution in [0.3, 0.4) is 0 Å². The van der Waals surface area contributed by atoms with E-state index in [-0.39, 0.29) is 6.04 Å². The number of likely N-dealkylation sites (tertiary alicyclic amines) is 1. The molecule has 0 saturated carbocycles. The highest BCUT2D eigenvalue weighted by Crippen LogP contribution is 2.14. The summed E-state index contributed by atoms with van der Waals surface area (Å²) in [7, 11) is 0. The molecule has 4 heteroatoms. The molecule has 118 valence electrons. The molecule has 2 N–H and O–H groups in total. The third-order valence-corrected chi connectivity index (χ3v) is 4.56. The van der Waals surface area contributed by atoms with E-state index >= 15 is 0 Å². The van der Waals surface area contributed by atoms with E-state index in [0.717, 1.165) is 39.0 Å². The number of carbonyl (C=O) groups excluding carboxylic acids is 1. The van der Waals surface area contributed by atoms with Gasteiger partial charge >= 0.3 is 0 Å². The van der Waals surface area contributed by atoms with Gasteiger partial charge in [0.05, 0.1) is 0 Å². The minimum absolute atomic E-state index is 0.198. The van der Waals surface area contributed by atoms with Crippen molar-refractivity contribution in [1.82, 2.24) is 9.80 Å². The van der Waals surface area contributed by atoms with Crippen molar-refractivity contribution in [3.63, 3.8) is 0 Å². The summed E-state index contributed by atoms with van der Waals surface area (Å²) in [6.45, 7) is 11.1. The Hall–Kier alpha value is -0.610. The number of likely N-dealkylation sites (N-methyl/N-ethyl adjacent to an activating group) is 1. The second-order valence-electron chi connectivity index (χ2n) is 6.14. The fraction of sp³-hybridized carbons (Fsp3) is 0.938.